The molecule has 7 aromatic carbocycles. The standard InChI is InChI=1S/C47H40N2/c1-3-47(2)45-22-14-13-21-43(45)44-34-42(31-32-46(44)47)49(39-19-11-6-12-20-39)41-29-25-36(26-30-41)33-35-23-27-40(28-24-35)48(37-15-7-4-8-16-37)38-17-9-5-10-18-38/h4-32,34H,3,33H2,1-2H3. The van der Waals surface area contributed by atoms with Crippen molar-refractivity contribution in [1.82, 2.24) is 0 Å². The molecule has 0 spiro atoms. The fourth-order valence-corrected chi connectivity index (χ4v) is 7.49. The summed E-state index contributed by atoms with van der Waals surface area (Å²) in [5.41, 5.74) is 15.1. The molecule has 0 aromatic heterocycles. The van der Waals surface area contributed by atoms with Gasteiger partial charge in [-0.15, -0.1) is 0 Å². The minimum absolute atomic E-state index is 0.0310. The lowest BCUT2D eigenvalue weighted by Gasteiger charge is -2.28. The average Bonchev–Trinajstić information content (AvgIpc) is 3.42. The van der Waals surface area contributed by atoms with Crippen LogP contribution in [0.15, 0.2) is 182 Å². The molecule has 2 heteroatoms. The Bertz CT molecular complexity index is 2130. The van der Waals surface area contributed by atoms with Crippen LogP contribution >= 0.6 is 0 Å². The molecular formula is C47H40N2. The molecule has 0 bridgehead atoms. The maximum absolute atomic E-state index is 2.39. The van der Waals surface area contributed by atoms with Crippen molar-refractivity contribution in [2.24, 2.45) is 0 Å². The molecule has 2 nitrogen and oxygen atoms in total. The number of rotatable bonds is 9. The number of benzene rings is 7. The predicted molar refractivity (Wildman–Crippen MR) is 207 cm³/mol. The molecule has 0 aliphatic heterocycles. The first kappa shape index (κ1) is 30.5. The maximum Gasteiger partial charge on any atom is 0.0468 e. The summed E-state index contributed by atoms with van der Waals surface area (Å²) in [5.74, 6) is 0. The molecule has 7 aromatic rings. The second kappa shape index (κ2) is 13.0. The van der Waals surface area contributed by atoms with Crippen LogP contribution in [0.2, 0.25) is 0 Å². The van der Waals surface area contributed by atoms with E-state index in [1.54, 1.807) is 0 Å². The quantitative estimate of drug-likeness (QED) is 0.156. The van der Waals surface area contributed by atoms with Gasteiger partial charge in [0.1, 0.15) is 0 Å². The number of anilines is 6. The van der Waals surface area contributed by atoms with Crippen molar-refractivity contribution in [3.05, 3.63) is 204 Å². The minimum atomic E-state index is 0.0310. The molecule has 238 valence electrons. The molecule has 1 unspecified atom stereocenters. The van der Waals surface area contributed by atoms with E-state index >= 15 is 0 Å². The highest BCUT2D eigenvalue weighted by molar-refractivity contribution is 5.86. The van der Waals surface area contributed by atoms with E-state index in [9.17, 15) is 0 Å². The van der Waals surface area contributed by atoms with Crippen LogP contribution in [0, 0.1) is 0 Å². The molecule has 0 heterocycles. The van der Waals surface area contributed by atoms with E-state index in [1.165, 1.54) is 39.1 Å². The van der Waals surface area contributed by atoms with E-state index in [4.69, 9.17) is 0 Å². The summed E-state index contributed by atoms with van der Waals surface area (Å²) >= 11 is 0. The van der Waals surface area contributed by atoms with Crippen LogP contribution in [-0.4, -0.2) is 0 Å². The zero-order valence-corrected chi connectivity index (χ0v) is 28.1. The van der Waals surface area contributed by atoms with Crippen LogP contribution in [0.4, 0.5) is 34.1 Å². The highest BCUT2D eigenvalue weighted by Gasteiger charge is 2.38. The lowest BCUT2D eigenvalue weighted by atomic mass is 9.78. The summed E-state index contributed by atoms with van der Waals surface area (Å²) in [7, 11) is 0. The average molecular weight is 633 g/mol. The Morgan fingerprint density at radius 2 is 0.776 bits per heavy atom. The number of para-hydroxylation sites is 3. The van der Waals surface area contributed by atoms with Crippen LogP contribution in [0.5, 0.6) is 0 Å². The smallest absolute Gasteiger partial charge is 0.0468 e. The summed E-state index contributed by atoms with van der Waals surface area (Å²) in [6.45, 7) is 4.69. The van der Waals surface area contributed by atoms with E-state index in [2.05, 4.69) is 206 Å². The Morgan fingerprint density at radius 3 is 1.27 bits per heavy atom. The second-order valence-electron chi connectivity index (χ2n) is 13.1. The van der Waals surface area contributed by atoms with Gasteiger partial charge >= 0.3 is 0 Å². The van der Waals surface area contributed by atoms with Crippen LogP contribution in [-0.2, 0) is 11.8 Å². The van der Waals surface area contributed by atoms with Crippen molar-refractivity contribution >= 4 is 34.1 Å². The van der Waals surface area contributed by atoms with Gasteiger partial charge in [-0.25, -0.2) is 0 Å². The van der Waals surface area contributed by atoms with Gasteiger partial charge in [0, 0.05) is 39.5 Å². The Balaban J connectivity index is 1.08. The summed E-state index contributed by atoms with van der Waals surface area (Å²) in [6.07, 6.45) is 1.94. The normalized spacial score (nSPS) is 14.6. The molecular weight excluding hydrogens is 593 g/mol. The second-order valence-corrected chi connectivity index (χ2v) is 13.1. The summed E-state index contributed by atoms with van der Waals surface area (Å²) in [4.78, 5) is 4.68. The third-order valence-corrected chi connectivity index (χ3v) is 10.2. The van der Waals surface area contributed by atoms with Gasteiger partial charge in [-0.05, 0) is 119 Å². The molecule has 1 atom stereocenters. The highest BCUT2D eigenvalue weighted by atomic mass is 15.1. The molecule has 49 heavy (non-hydrogen) atoms. The third-order valence-electron chi connectivity index (χ3n) is 10.2. The van der Waals surface area contributed by atoms with Gasteiger partial charge in [-0.2, -0.15) is 0 Å². The summed E-state index contributed by atoms with van der Waals surface area (Å²) in [6, 6.07) is 65.9. The fourth-order valence-electron chi connectivity index (χ4n) is 7.49. The van der Waals surface area contributed by atoms with E-state index in [-0.39, 0.29) is 5.41 Å². The zero-order chi connectivity index (χ0) is 33.2. The molecule has 0 radical (unpaired) electrons. The first-order valence-electron chi connectivity index (χ1n) is 17.3. The van der Waals surface area contributed by atoms with E-state index in [0.29, 0.717) is 0 Å². The topological polar surface area (TPSA) is 6.48 Å². The first-order chi connectivity index (χ1) is 24.1. The summed E-state index contributed by atoms with van der Waals surface area (Å²) < 4.78 is 0. The van der Waals surface area contributed by atoms with Crippen molar-refractivity contribution in [2.45, 2.75) is 32.1 Å². The Hall–Kier alpha value is -5.86. The molecule has 0 amide bonds. The van der Waals surface area contributed by atoms with Crippen LogP contribution < -0.4 is 9.80 Å². The van der Waals surface area contributed by atoms with Gasteiger partial charge in [-0.3, -0.25) is 0 Å². The van der Waals surface area contributed by atoms with Gasteiger partial charge < -0.3 is 9.80 Å². The Morgan fingerprint density at radius 1 is 0.388 bits per heavy atom. The SMILES string of the molecule is CCC1(C)c2ccccc2-c2cc(N(c3ccccc3)c3ccc(Cc4ccc(N(c5ccccc5)c5ccccc5)cc4)cc3)ccc21. The van der Waals surface area contributed by atoms with Gasteiger partial charge in [0.2, 0.25) is 0 Å². The van der Waals surface area contributed by atoms with Gasteiger partial charge in [0.15, 0.2) is 0 Å². The number of hydrogen-bond acceptors (Lipinski definition) is 2. The van der Waals surface area contributed by atoms with Crippen molar-refractivity contribution in [3.63, 3.8) is 0 Å². The van der Waals surface area contributed by atoms with E-state index < -0.39 is 0 Å². The van der Waals surface area contributed by atoms with Crippen LogP contribution in [0.1, 0.15) is 42.5 Å². The van der Waals surface area contributed by atoms with Gasteiger partial charge in [-0.1, -0.05) is 123 Å². The zero-order valence-electron chi connectivity index (χ0n) is 28.1. The number of nitrogens with zero attached hydrogens (tertiary/aromatic N) is 2. The van der Waals surface area contributed by atoms with E-state index in [0.717, 1.165) is 41.3 Å². The largest absolute Gasteiger partial charge is 0.311 e. The molecule has 0 saturated carbocycles. The van der Waals surface area contributed by atoms with Crippen molar-refractivity contribution in [3.8, 4) is 11.1 Å². The fraction of sp³-hybridized carbons (Fsp3) is 0.106. The lowest BCUT2D eigenvalue weighted by Crippen LogP contribution is -2.19. The molecule has 1 aliphatic rings. The monoisotopic (exact) mass is 632 g/mol. The van der Waals surface area contributed by atoms with Crippen molar-refractivity contribution < 1.29 is 0 Å². The van der Waals surface area contributed by atoms with Gasteiger partial charge in [0.05, 0.1) is 0 Å². The molecule has 0 saturated heterocycles. The third kappa shape index (κ3) is 5.70. The van der Waals surface area contributed by atoms with Crippen LogP contribution in [0.3, 0.4) is 0 Å². The molecule has 8 rings (SSSR count). The predicted octanol–water partition coefficient (Wildman–Crippen LogP) is 12.9. The van der Waals surface area contributed by atoms with Crippen molar-refractivity contribution in [1.29, 1.82) is 0 Å². The number of fused-ring (bicyclic) bond motifs is 3. The summed E-state index contributed by atoms with van der Waals surface area (Å²) in [5, 5.41) is 0. The molecule has 0 N–H and O–H groups in total. The van der Waals surface area contributed by atoms with Crippen molar-refractivity contribution in [2.75, 3.05) is 9.80 Å². The lowest BCUT2D eigenvalue weighted by molar-refractivity contribution is 0.564. The molecule has 1 aliphatic carbocycles. The maximum atomic E-state index is 2.39. The Labute approximate surface area is 290 Å². The van der Waals surface area contributed by atoms with E-state index in [1.807, 2.05) is 0 Å². The Kier molecular flexibility index (Phi) is 8.07. The van der Waals surface area contributed by atoms with Crippen LogP contribution in [0.25, 0.3) is 11.1 Å². The molecule has 0 fully saturated rings. The first-order valence-corrected chi connectivity index (χ1v) is 17.3. The highest BCUT2D eigenvalue weighted by Crippen LogP contribution is 2.52. The van der Waals surface area contributed by atoms with Gasteiger partial charge in [0.25, 0.3) is 0 Å². The number of hydrogen-bond donors (Lipinski definition) is 0. The minimum Gasteiger partial charge on any atom is -0.311 e.